The molecule has 0 radical (unpaired) electrons. The number of aromatic nitrogens is 2. The molecule has 3 fully saturated rings. The highest BCUT2D eigenvalue weighted by Crippen LogP contribution is 2.43. The maximum Gasteiger partial charge on any atom is 0.221 e. The van der Waals surface area contributed by atoms with Gasteiger partial charge in [-0.1, -0.05) is 0 Å². The number of amides is 1. The average Bonchev–Trinajstić information content (AvgIpc) is 3.24. The van der Waals surface area contributed by atoms with Crippen LogP contribution in [0.3, 0.4) is 0 Å². The Hall–Kier alpha value is -1.40. The number of rotatable bonds is 3. The SMILES string of the molecule is Cn1cc([C@H]2CC(=O)NC23CCN(C[C@@H]2CCOC2)CC3)cn1. The number of likely N-dealkylation sites (tertiary alicyclic amines) is 1. The predicted octanol–water partition coefficient (Wildman–Crippen LogP) is 0.895. The molecule has 3 saturated heterocycles. The zero-order valence-corrected chi connectivity index (χ0v) is 13.8. The molecule has 1 amide bonds. The van der Waals surface area contributed by atoms with Gasteiger partial charge in [-0.3, -0.25) is 9.48 Å². The monoisotopic (exact) mass is 318 g/mol. The van der Waals surface area contributed by atoms with Gasteiger partial charge in [0.1, 0.15) is 0 Å². The van der Waals surface area contributed by atoms with Gasteiger partial charge in [-0.25, -0.2) is 0 Å². The molecule has 126 valence electrons. The summed E-state index contributed by atoms with van der Waals surface area (Å²) in [5.41, 5.74) is 1.13. The van der Waals surface area contributed by atoms with Crippen molar-refractivity contribution in [2.45, 2.75) is 37.1 Å². The highest BCUT2D eigenvalue weighted by Gasteiger charge is 2.49. The Morgan fingerprint density at radius 1 is 1.43 bits per heavy atom. The summed E-state index contributed by atoms with van der Waals surface area (Å²) in [4.78, 5) is 14.6. The maximum atomic E-state index is 12.1. The van der Waals surface area contributed by atoms with E-state index in [9.17, 15) is 4.79 Å². The summed E-state index contributed by atoms with van der Waals surface area (Å²) in [5.74, 6) is 1.15. The summed E-state index contributed by atoms with van der Waals surface area (Å²) in [7, 11) is 1.94. The van der Waals surface area contributed by atoms with Gasteiger partial charge in [-0.05, 0) is 30.7 Å². The summed E-state index contributed by atoms with van der Waals surface area (Å²) >= 11 is 0. The third-order valence-electron chi connectivity index (χ3n) is 5.86. The van der Waals surface area contributed by atoms with Crippen LogP contribution in [0.1, 0.15) is 37.2 Å². The first kappa shape index (κ1) is 15.1. The molecule has 0 unspecified atom stereocenters. The van der Waals surface area contributed by atoms with Crippen molar-refractivity contribution in [1.82, 2.24) is 20.0 Å². The zero-order chi connectivity index (χ0) is 15.9. The fourth-order valence-corrected chi connectivity index (χ4v) is 4.55. The molecule has 1 N–H and O–H groups in total. The number of hydrogen-bond donors (Lipinski definition) is 1. The van der Waals surface area contributed by atoms with Crippen molar-refractivity contribution in [3.63, 3.8) is 0 Å². The van der Waals surface area contributed by atoms with Gasteiger partial charge >= 0.3 is 0 Å². The van der Waals surface area contributed by atoms with E-state index in [1.54, 1.807) is 0 Å². The first-order chi connectivity index (χ1) is 11.1. The van der Waals surface area contributed by atoms with Crippen molar-refractivity contribution in [3.05, 3.63) is 18.0 Å². The normalized spacial score (nSPS) is 30.9. The van der Waals surface area contributed by atoms with E-state index >= 15 is 0 Å². The van der Waals surface area contributed by atoms with Crippen LogP contribution in [0.2, 0.25) is 0 Å². The van der Waals surface area contributed by atoms with Crippen molar-refractivity contribution >= 4 is 5.91 Å². The van der Waals surface area contributed by atoms with Crippen LogP contribution >= 0.6 is 0 Å². The molecular formula is C17H26N4O2. The molecule has 23 heavy (non-hydrogen) atoms. The van der Waals surface area contributed by atoms with Crippen molar-refractivity contribution in [2.75, 3.05) is 32.8 Å². The van der Waals surface area contributed by atoms with Crippen LogP contribution < -0.4 is 5.32 Å². The summed E-state index contributed by atoms with van der Waals surface area (Å²) in [6.45, 7) is 5.10. The van der Waals surface area contributed by atoms with Crippen LogP contribution in [0.5, 0.6) is 0 Å². The number of aryl methyl sites for hydroxylation is 1. The van der Waals surface area contributed by atoms with Crippen LogP contribution in [0.15, 0.2) is 12.4 Å². The molecule has 4 rings (SSSR count). The Labute approximate surface area is 137 Å². The molecule has 0 bridgehead atoms. The average molecular weight is 318 g/mol. The minimum Gasteiger partial charge on any atom is -0.381 e. The lowest BCUT2D eigenvalue weighted by atomic mass is 9.75. The molecule has 4 heterocycles. The van der Waals surface area contributed by atoms with Gasteiger partial charge in [0.2, 0.25) is 5.91 Å². The molecular weight excluding hydrogens is 292 g/mol. The van der Waals surface area contributed by atoms with E-state index in [1.807, 2.05) is 17.9 Å². The zero-order valence-electron chi connectivity index (χ0n) is 13.8. The molecule has 2 atom stereocenters. The lowest BCUT2D eigenvalue weighted by Crippen LogP contribution is -2.54. The van der Waals surface area contributed by atoms with Crippen molar-refractivity contribution in [1.29, 1.82) is 0 Å². The molecule has 1 spiro atoms. The van der Waals surface area contributed by atoms with E-state index in [-0.39, 0.29) is 17.4 Å². The van der Waals surface area contributed by atoms with Gasteiger partial charge in [0, 0.05) is 57.4 Å². The summed E-state index contributed by atoms with van der Waals surface area (Å²) in [6.07, 6.45) is 7.85. The van der Waals surface area contributed by atoms with E-state index in [1.165, 1.54) is 12.0 Å². The number of carbonyl (C=O) groups excluding carboxylic acids is 1. The van der Waals surface area contributed by atoms with Gasteiger partial charge < -0.3 is 15.0 Å². The minimum absolute atomic E-state index is 0.0667. The second-order valence-corrected chi connectivity index (χ2v) is 7.44. The Balaban J connectivity index is 1.44. The highest BCUT2D eigenvalue weighted by molar-refractivity contribution is 5.81. The summed E-state index contributed by atoms with van der Waals surface area (Å²) in [5, 5.41) is 7.61. The fourth-order valence-electron chi connectivity index (χ4n) is 4.55. The standard InChI is InChI=1S/C17H26N4O2/c1-20-11-14(9-18-20)15-8-16(22)19-17(15)3-5-21(6-4-17)10-13-2-7-23-12-13/h9,11,13,15H,2-8,10,12H2,1H3,(H,19,22)/t13-,15+/m0/s1. The molecule has 6 nitrogen and oxygen atoms in total. The third kappa shape index (κ3) is 2.90. The van der Waals surface area contributed by atoms with E-state index in [4.69, 9.17) is 4.74 Å². The molecule has 0 saturated carbocycles. The number of carbonyl (C=O) groups is 1. The number of piperidine rings is 1. The fraction of sp³-hybridized carbons (Fsp3) is 0.765. The largest absolute Gasteiger partial charge is 0.381 e. The molecule has 0 aliphatic carbocycles. The number of nitrogens with one attached hydrogen (secondary N) is 1. The van der Waals surface area contributed by atoms with E-state index in [0.29, 0.717) is 12.3 Å². The van der Waals surface area contributed by atoms with Crippen molar-refractivity contribution in [3.8, 4) is 0 Å². The van der Waals surface area contributed by atoms with Gasteiger partial charge in [0.05, 0.1) is 12.8 Å². The molecule has 3 aliphatic rings. The molecule has 3 aliphatic heterocycles. The second kappa shape index (κ2) is 5.91. The quantitative estimate of drug-likeness (QED) is 0.899. The highest BCUT2D eigenvalue weighted by atomic mass is 16.5. The molecule has 0 aromatic carbocycles. The molecule has 1 aromatic rings. The number of hydrogen-bond acceptors (Lipinski definition) is 4. The molecule has 1 aromatic heterocycles. The number of nitrogens with zero attached hydrogens (tertiary/aromatic N) is 3. The Morgan fingerprint density at radius 2 is 2.26 bits per heavy atom. The first-order valence-electron chi connectivity index (χ1n) is 8.74. The topological polar surface area (TPSA) is 59.4 Å². The second-order valence-electron chi connectivity index (χ2n) is 7.44. The lowest BCUT2D eigenvalue weighted by molar-refractivity contribution is -0.120. The first-order valence-corrected chi connectivity index (χ1v) is 8.74. The van der Waals surface area contributed by atoms with Crippen LogP contribution in [0.4, 0.5) is 0 Å². The Morgan fingerprint density at radius 3 is 2.91 bits per heavy atom. The van der Waals surface area contributed by atoms with Crippen molar-refractivity contribution in [2.24, 2.45) is 13.0 Å². The van der Waals surface area contributed by atoms with Gasteiger partial charge in [0.15, 0.2) is 0 Å². The van der Waals surface area contributed by atoms with Gasteiger partial charge in [-0.15, -0.1) is 0 Å². The summed E-state index contributed by atoms with van der Waals surface area (Å²) < 4.78 is 7.32. The Bertz CT molecular complexity index is 571. The molecule has 6 heteroatoms. The van der Waals surface area contributed by atoms with Gasteiger partial charge in [0.25, 0.3) is 0 Å². The predicted molar refractivity (Wildman–Crippen MR) is 86.0 cm³/mol. The lowest BCUT2D eigenvalue weighted by Gasteiger charge is -2.43. The van der Waals surface area contributed by atoms with Gasteiger partial charge in [-0.2, -0.15) is 5.10 Å². The van der Waals surface area contributed by atoms with Crippen molar-refractivity contribution < 1.29 is 9.53 Å². The van der Waals surface area contributed by atoms with Crippen LogP contribution in [-0.4, -0.2) is 59.0 Å². The van der Waals surface area contributed by atoms with E-state index in [2.05, 4.69) is 21.5 Å². The maximum absolute atomic E-state index is 12.1. The minimum atomic E-state index is -0.0667. The third-order valence-corrected chi connectivity index (χ3v) is 5.86. The number of ether oxygens (including phenoxy) is 1. The van der Waals surface area contributed by atoms with Crippen LogP contribution in [0, 0.1) is 5.92 Å². The van der Waals surface area contributed by atoms with E-state index < -0.39 is 0 Å². The Kier molecular flexibility index (Phi) is 3.89. The smallest absolute Gasteiger partial charge is 0.221 e. The summed E-state index contributed by atoms with van der Waals surface area (Å²) in [6, 6.07) is 0. The van der Waals surface area contributed by atoms with E-state index in [0.717, 1.165) is 45.7 Å². The van der Waals surface area contributed by atoms with Crippen LogP contribution in [0.25, 0.3) is 0 Å². The van der Waals surface area contributed by atoms with Crippen LogP contribution in [-0.2, 0) is 16.6 Å².